The maximum absolute atomic E-state index is 7.88. The van der Waals surface area contributed by atoms with E-state index in [1.54, 1.807) is 0 Å². The van der Waals surface area contributed by atoms with E-state index >= 15 is 0 Å². The molecule has 0 amide bonds. The summed E-state index contributed by atoms with van der Waals surface area (Å²) in [6.07, 6.45) is 0. The minimum absolute atomic E-state index is 0.469. The molecule has 0 aliphatic rings. The molecular formula is C4H8N2. The van der Waals surface area contributed by atoms with Crippen molar-refractivity contribution in [1.82, 2.24) is 5.32 Å². The normalized spacial score (nSPS) is 7.33. The zero-order valence-corrected chi connectivity index (χ0v) is 3.86. The van der Waals surface area contributed by atoms with E-state index in [0.29, 0.717) is 6.54 Å². The maximum Gasteiger partial charge on any atom is 0.0840 e. The number of rotatable bonds is 2. The van der Waals surface area contributed by atoms with Crippen LogP contribution < -0.4 is 5.32 Å². The van der Waals surface area contributed by atoms with Gasteiger partial charge >= 0.3 is 0 Å². The SMILES string of the molecule is CCNCC#N. The first-order valence-electron chi connectivity index (χ1n) is 1.99. The first-order chi connectivity index (χ1) is 2.91. The van der Waals surface area contributed by atoms with Crippen molar-refractivity contribution in [2.24, 2.45) is 0 Å². The van der Waals surface area contributed by atoms with Crippen LogP contribution in [0.5, 0.6) is 0 Å². The third-order valence-electron chi connectivity index (χ3n) is 0.454. The van der Waals surface area contributed by atoms with E-state index in [9.17, 15) is 0 Å². The van der Waals surface area contributed by atoms with Crippen molar-refractivity contribution in [3.05, 3.63) is 0 Å². The lowest BCUT2D eigenvalue weighted by molar-refractivity contribution is 0.805. The molecule has 0 bridgehead atoms. The van der Waals surface area contributed by atoms with Gasteiger partial charge in [0, 0.05) is 0 Å². The summed E-state index contributed by atoms with van der Waals surface area (Å²) in [6, 6.07) is 1.96. The van der Waals surface area contributed by atoms with Crippen molar-refractivity contribution in [3.63, 3.8) is 0 Å². The minimum Gasteiger partial charge on any atom is -0.305 e. The van der Waals surface area contributed by atoms with Gasteiger partial charge in [-0.2, -0.15) is 5.26 Å². The van der Waals surface area contributed by atoms with Crippen molar-refractivity contribution in [2.75, 3.05) is 13.1 Å². The van der Waals surface area contributed by atoms with Gasteiger partial charge in [0.25, 0.3) is 0 Å². The summed E-state index contributed by atoms with van der Waals surface area (Å²) in [5, 5.41) is 10.7. The van der Waals surface area contributed by atoms with Crippen LogP contribution in [-0.2, 0) is 0 Å². The highest BCUT2D eigenvalue weighted by Gasteiger charge is 1.69. The number of nitriles is 1. The molecule has 0 rings (SSSR count). The van der Waals surface area contributed by atoms with E-state index in [4.69, 9.17) is 5.26 Å². The second-order valence-electron chi connectivity index (χ2n) is 0.938. The lowest BCUT2D eigenvalue weighted by Crippen LogP contribution is -2.11. The fourth-order valence-electron chi connectivity index (χ4n) is 0.181. The monoisotopic (exact) mass is 84.1 g/mol. The molecular weight excluding hydrogens is 76.1 g/mol. The van der Waals surface area contributed by atoms with Crippen molar-refractivity contribution < 1.29 is 0 Å². The first-order valence-corrected chi connectivity index (χ1v) is 1.99. The molecule has 0 radical (unpaired) electrons. The summed E-state index contributed by atoms with van der Waals surface area (Å²) in [6.45, 7) is 3.32. The van der Waals surface area contributed by atoms with Crippen LogP contribution in [0.15, 0.2) is 0 Å². The molecule has 0 aromatic carbocycles. The molecule has 0 atom stereocenters. The highest BCUT2D eigenvalue weighted by Crippen LogP contribution is 1.49. The predicted molar refractivity (Wildman–Crippen MR) is 24.2 cm³/mol. The van der Waals surface area contributed by atoms with Crippen LogP contribution in [0.25, 0.3) is 0 Å². The molecule has 34 valence electrons. The summed E-state index contributed by atoms with van der Waals surface area (Å²) in [5.74, 6) is 0. The second-order valence-corrected chi connectivity index (χ2v) is 0.938. The van der Waals surface area contributed by atoms with E-state index < -0.39 is 0 Å². The molecule has 0 aliphatic carbocycles. The third-order valence-corrected chi connectivity index (χ3v) is 0.454. The Balaban J connectivity index is 2.54. The smallest absolute Gasteiger partial charge is 0.0840 e. The van der Waals surface area contributed by atoms with Crippen molar-refractivity contribution in [2.45, 2.75) is 6.92 Å². The van der Waals surface area contributed by atoms with Gasteiger partial charge in [0.15, 0.2) is 0 Å². The second kappa shape index (κ2) is 4.45. The first kappa shape index (κ1) is 5.45. The van der Waals surface area contributed by atoms with E-state index in [1.807, 2.05) is 13.0 Å². The Morgan fingerprint density at radius 2 is 2.50 bits per heavy atom. The van der Waals surface area contributed by atoms with Crippen LogP contribution >= 0.6 is 0 Å². The Kier molecular flexibility index (Phi) is 4.04. The Hall–Kier alpha value is -0.550. The molecule has 0 aromatic rings. The summed E-state index contributed by atoms with van der Waals surface area (Å²) < 4.78 is 0. The van der Waals surface area contributed by atoms with Gasteiger partial charge in [0.05, 0.1) is 12.6 Å². The van der Waals surface area contributed by atoms with Gasteiger partial charge < -0.3 is 5.32 Å². The van der Waals surface area contributed by atoms with E-state index in [-0.39, 0.29) is 0 Å². The van der Waals surface area contributed by atoms with Crippen LogP contribution in [0.2, 0.25) is 0 Å². The largest absolute Gasteiger partial charge is 0.305 e. The van der Waals surface area contributed by atoms with Gasteiger partial charge in [-0.25, -0.2) is 0 Å². The van der Waals surface area contributed by atoms with Crippen LogP contribution in [-0.4, -0.2) is 13.1 Å². The lowest BCUT2D eigenvalue weighted by atomic mass is 10.7. The summed E-state index contributed by atoms with van der Waals surface area (Å²) in [5.41, 5.74) is 0. The van der Waals surface area contributed by atoms with Gasteiger partial charge in [-0.3, -0.25) is 0 Å². The topological polar surface area (TPSA) is 35.8 Å². The average molecular weight is 84.1 g/mol. The Morgan fingerprint density at radius 1 is 1.83 bits per heavy atom. The van der Waals surface area contributed by atoms with Crippen LogP contribution in [0.4, 0.5) is 0 Å². The summed E-state index contributed by atoms with van der Waals surface area (Å²) >= 11 is 0. The van der Waals surface area contributed by atoms with Gasteiger partial charge in [-0.05, 0) is 6.54 Å². The van der Waals surface area contributed by atoms with Gasteiger partial charge in [-0.15, -0.1) is 0 Å². The summed E-state index contributed by atoms with van der Waals surface area (Å²) in [4.78, 5) is 0. The molecule has 2 heteroatoms. The summed E-state index contributed by atoms with van der Waals surface area (Å²) in [7, 11) is 0. The van der Waals surface area contributed by atoms with E-state index in [2.05, 4.69) is 5.32 Å². The zero-order chi connectivity index (χ0) is 4.83. The maximum atomic E-state index is 7.88. The van der Waals surface area contributed by atoms with E-state index in [0.717, 1.165) is 6.54 Å². The van der Waals surface area contributed by atoms with Gasteiger partial charge in [0.2, 0.25) is 0 Å². The Morgan fingerprint density at radius 3 is 2.67 bits per heavy atom. The Bertz CT molecular complexity index is 53.1. The quantitative estimate of drug-likeness (QED) is 0.381. The molecule has 2 nitrogen and oxygen atoms in total. The van der Waals surface area contributed by atoms with Crippen LogP contribution in [0, 0.1) is 11.3 Å². The molecule has 0 fully saturated rings. The Labute approximate surface area is 37.8 Å². The molecule has 0 heterocycles. The molecule has 0 saturated carbocycles. The van der Waals surface area contributed by atoms with Crippen molar-refractivity contribution >= 4 is 0 Å². The molecule has 1 N–H and O–H groups in total. The molecule has 0 unspecified atom stereocenters. The molecule has 0 aliphatic heterocycles. The molecule has 0 saturated heterocycles. The lowest BCUT2D eigenvalue weighted by Gasteiger charge is -1.84. The van der Waals surface area contributed by atoms with Crippen molar-refractivity contribution in [1.29, 1.82) is 5.26 Å². The standard InChI is InChI=1S/C4H8N2/c1-2-6-4-3-5/h6H,2,4H2,1H3. The fraction of sp³-hybridized carbons (Fsp3) is 0.750. The fourth-order valence-corrected chi connectivity index (χ4v) is 0.181. The minimum atomic E-state index is 0.469. The van der Waals surface area contributed by atoms with E-state index in [1.165, 1.54) is 0 Å². The third kappa shape index (κ3) is 3.45. The van der Waals surface area contributed by atoms with Gasteiger partial charge in [0.1, 0.15) is 0 Å². The highest BCUT2D eigenvalue weighted by atomic mass is 14.8. The number of hydrogen-bond acceptors (Lipinski definition) is 2. The van der Waals surface area contributed by atoms with Crippen LogP contribution in [0.1, 0.15) is 6.92 Å². The van der Waals surface area contributed by atoms with Gasteiger partial charge in [-0.1, -0.05) is 6.92 Å². The highest BCUT2D eigenvalue weighted by molar-refractivity contribution is 4.71. The zero-order valence-electron chi connectivity index (χ0n) is 3.86. The number of nitrogens with one attached hydrogen (secondary N) is 1. The number of nitrogens with zero attached hydrogens (tertiary/aromatic N) is 1. The van der Waals surface area contributed by atoms with Crippen molar-refractivity contribution in [3.8, 4) is 6.07 Å². The van der Waals surface area contributed by atoms with Crippen LogP contribution in [0.3, 0.4) is 0 Å². The average Bonchev–Trinajstić information content (AvgIpc) is 1.61. The molecule has 0 aromatic heterocycles. The number of hydrogen-bond donors (Lipinski definition) is 1. The predicted octanol–water partition coefficient (Wildman–Crippen LogP) is 0.119. The molecule has 6 heavy (non-hydrogen) atoms. The molecule has 0 spiro atoms.